The number of likely N-dealkylation sites (tertiary alicyclic amines) is 1. The number of rotatable bonds is 5. The van der Waals surface area contributed by atoms with Crippen molar-refractivity contribution in [3.63, 3.8) is 0 Å². The fourth-order valence-corrected chi connectivity index (χ4v) is 3.52. The van der Waals surface area contributed by atoms with E-state index in [0.29, 0.717) is 0 Å². The number of carbonyl (C=O) groups is 1. The summed E-state index contributed by atoms with van der Waals surface area (Å²) in [6.07, 6.45) is 8.25. The third kappa shape index (κ3) is 4.43. The van der Waals surface area contributed by atoms with Crippen molar-refractivity contribution in [1.82, 2.24) is 10.3 Å². The summed E-state index contributed by atoms with van der Waals surface area (Å²) in [5.41, 5.74) is 2.18. The number of nitrogens with zero attached hydrogens (tertiary/aromatic N) is 1. The van der Waals surface area contributed by atoms with Gasteiger partial charge in [-0.3, -0.25) is 10.2 Å². The molecule has 2 saturated heterocycles. The van der Waals surface area contributed by atoms with Crippen LogP contribution in [0.25, 0.3) is 0 Å². The summed E-state index contributed by atoms with van der Waals surface area (Å²) in [6, 6.07) is 0. The van der Waals surface area contributed by atoms with E-state index < -0.39 is 0 Å². The average Bonchev–Trinajstić information content (AvgIpc) is 2.80. The second-order valence-electron chi connectivity index (χ2n) is 6.22. The van der Waals surface area contributed by atoms with Crippen LogP contribution in [0.1, 0.15) is 51.9 Å². The Labute approximate surface area is 122 Å². The highest BCUT2D eigenvalue weighted by molar-refractivity contribution is 5.80. The molecule has 3 atom stereocenters. The number of hydrazine groups is 1. The van der Waals surface area contributed by atoms with Crippen LogP contribution in [0.4, 0.5) is 0 Å². The molecule has 20 heavy (non-hydrogen) atoms. The van der Waals surface area contributed by atoms with Crippen molar-refractivity contribution in [3.8, 4) is 0 Å². The zero-order valence-electron chi connectivity index (χ0n) is 12.6. The molecule has 2 heterocycles. The van der Waals surface area contributed by atoms with Crippen LogP contribution in [-0.4, -0.2) is 42.6 Å². The lowest BCUT2D eigenvalue weighted by molar-refractivity contribution is -0.132. The normalized spacial score (nSPS) is 32.0. The third-order valence-corrected chi connectivity index (χ3v) is 4.64. The second kappa shape index (κ2) is 7.96. The maximum Gasteiger partial charge on any atom is 0.263 e. The lowest BCUT2D eigenvalue weighted by Crippen LogP contribution is -2.40. The highest BCUT2D eigenvalue weighted by Crippen LogP contribution is 2.25. The Bertz CT molecular complexity index is 311. The molecule has 0 saturated carbocycles. The summed E-state index contributed by atoms with van der Waals surface area (Å²) in [5.74, 6) is 5.88. The van der Waals surface area contributed by atoms with E-state index in [1.165, 1.54) is 45.2 Å². The van der Waals surface area contributed by atoms with Gasteiger partial charge in [0.05, 0.1) is 6.10 Å². The molecule has 3 N–H and O–H groups in total. The van der Waals surface area contributed by atoms with Gasteiger partial charge in [0.1, 0.15) is 6.10 Å². The van der Waals surface area contributed by atoms with Crippen LogP contribution >= 0.6 is 0 Å². The third-order valence-electron chi connectivity index (χ3n) is 4.64. The van der Waals surface area contributed by atoms with Gasteiger partial charge < -0.3 is 9.64 Å². The molecular weight excluding hydrogens is 254 g/mol. The van der Waals surface area contributed by atoms with Crippen LogP contribution in [0, 0.1) is 5.92 Å². The molecule has 0 radical (unpaired) electrons. The summed E-state index contributed by atoms with van der Waals surface area (Å²) in [4.78, 5) is 14.0. The van der Waals surface area contributed by atoms with Crippen molar-refractivity contribution >= 4 is 5.91 Å². The van der Waals surface area contributed by atoms with E-state index in [1.807, 2.05) is 0 Å². The largest absolute Gasteiger partial charge is 0.364 e. The molecule has 5 heteroatoms. The van der Waals surface area contributed by atoms with Crippen molar-refractivity contribution in [3.05, 3.63) is 0 Å². The van der Waals surface area contributed by atoms with E-state index in [2.05, 4.69) is 17.2 Å². The van der Waals surface area contributed by atoms with Crippen LogP contribution < -0.4 is 11.3 Å². The number of hydrogen-bond donors (Lipinski definition) is 2. The molecule has 5 nitrogen and oxygen atoms in total. The Morgan fingerprint density at radius 2 is 2.15 bits per heavy atom. The maximum atomic E-state index is 11.4. The standard InChI is InChI=1S/C15H29N3O2/c1-2-4-12-5-3-9-18(10-8-12)11-13-6-7-14(20-13)15(19)17-16/h12-14H,2-11,16H2,1H3,(H,17,19). The SMILES string of the molecule is CCCC1CCCN(CC2CCC(C(=O)NN)O2)CC1. The van der Waals surface area contributed by atoms with Crippen LogP contribution in [0.5, 0.6) is 0 Å². The fraction of sp³-hybridized carbons (Fsp3) is 0.933. The van der Waals surface area contributed by atoms with E-state index in [1.54, 1.807) is 0 Å². The topological polar surface area (TPSA) is 67.6 Å². The van der Waals surface area contributed by atoms with Crippen molar-refractivity contribution in [2.45, 2.75) is 64.1 Å². The summed E-state index contributed by atoms with van der Waals surface area (Å²) in [5, 5.41) is 0. The lowest BCUT2D eigenvalue weighted by atomic mass is 9.96. The van der Waals surface area contributed by atoms with Gasteiger partial charge in [0.15, 0.2) is 0 Å². The van der Waals surface area contributed by atoms with Crippen LogP contribution in [0.15, 0.2) is 0 Å². The Hall–Kier alpha value is -0.650. The fourth-order valence-electron chi connectivity index (χ4n) is 3.52. The first kappa shape index (κ1) is 15.7. The Morgan fingerprint density at radius 1 is 1.30 bits per heavy atom. The summed E-state index contributed by atoms with van der Waals surface area (Å²) in [7, 11) is 0. The van der Waals surface area contributed by atoms with E-state index in [4.69, 9.17) is 10.6 Å². The monoisotopic (exact) mass is 283 g/mol. The highest BCUT2D eigenvalue weighted by Gasteiger charge is 2.31. The first-order chi connectivity index (χ1) is 9.72. The number of hydrogen-bond acceptors (Lipinski definition) is 4. The molecule has 2 fully saturated rings. The second-order valence-corrected chi connectivity index (χ2v) is 6.22. The number of carbonyl (C=O) groups excluding carboxylic acids is 1. The molecule has 0 aliphatic carbocycles. The first-order valence-electron chi connectivity index (χ1n) is 8.11. The molecule has 0 spiro atoms. The molecule has 2 rings (SSSR count). The molecule has 2 aliphatic rings. The predicted octanol–water partition coefficient (Wildman–Crippen LogP) is 1.43. The van der Waals surface area contributed by atoms with Gasteiger partial charge in [0.2, 0.25) is 0 Å². The quantitative estimate of drug-likeness (QED) is 0.455. The number of nitrogens with one attached hydrogen (secondary N) is 1. The van der Waals surface area contributed by atoms with Crippen LogP contribution in [0.3, 0.4) is 0 Å². The van der Waals surface area contributed by atoms with Crippen molar-refractivity contribution in [2.24, 2.45) is 11.8 Å². The van der Waals surface area contributed by atoms with Gasteiger partial charge in [-0.2, -0.15) is 0 Å². The van der Waals surface area contributed by atoms with E-state index in [-0.39, 0.29) is 18.1 Å². The minimum Gasteiger partial charge on any atom is -0.364 e. The van der Waals surface area contributed by atoms with Crippen molar-refractivity contribution in [1.29, 1.82) is 0 Å². The molecule has 0 aromatic carbocycles. The summed E-state index contributed by atoms with van der Waals surface area (Å²) < 4.78 is 5.80. The Morgan fingerprint density at radius 3 is 2.90 bits per heavy atom. The summed E-state index contributed by atoms with van der Waals surface area (Å²) in [6.45, 7) is 5.59. The Kier molecular flexibility index (Phi) is 6.26. The number of nitrogens with two attached hydrogens (primary N) is 1. The van der Waals surface area contributed by atoms with Gasteiger partial charge >= 0.3 is 0 Å². The van der Waals surface area contributed by atoms with E-state index in [9.17, 15) is 4.79 Å². The van der Waals surface area contributed by atoms with Crippen LogP contribution in [0.2, 0.25) is 0 Å². The maximum absolute atomic E-state index is 11.4. The van der Waals surface area contributed by atoms with E-state index >= 15 is 0 Å². The summed E-state index contributed by atoms with van der Waals surface area (Å²) >= 11 is 0. The number of ether oxygens (including phenoxy) is 1. The zero-order valence-corrected chi connectivity index (χ0v) is 12.6. The minimum atomic E-state index is -0.343. The lowest BCUT2D eigenvalue weighted by Gasteiger charge is -2.24. The van der Waals surface area contributed by atoms with Gasteiger partial charge in [-0.25, -0.2) is 5.84 Å². The molecule has 0 bridgehead atoms. The predicted molar refractivity (Wildman–Crippen MR) is 78.9 cm³/mol. The smallest absolute Gasteiger partial charge is 0.263 e. The van der Waals surface area contributed by atoms with Crippen LogP contribution in [-0.2, 0) is 9.53 Å². The van der Waals surface area contributed by atoms with Gasteiger partial charge in [0, 0.05) is 6.54 Å². The molecule has 1 amide bonds. The Balaban J connectivity index is 1.73. The van der Waals surface area contributed by atoms with Crippen molar-refractivity contribution < 1.29 is 9.53 Å². The average molecular weight is 283 g/mol. The van der Waals surface area contributed by atoms with E-state index in [0.717, 1.165) is 25.3 Å². The minimum absolute atomic E-state index is 0.189. The molecule has 0 aromatic heterocycles. The van der Waals surface area contributed by atoms with Gasteiger partial charge in [0.25, 0.3) is 5.91 Å². The molecule has 2 aliphatic heterocycles. The van der Waals surface area contributed by atoms with Gasteiger partial charge in [-0.15, -0.1) is 0 Å². The zero-order chi connectivity index (χ0) is 14.4. The molecular formula is C15H29N3O2. The molecule has 116 valence electrons. The van der Waals surface area contributed by atoms with Gasteiger partial charge in [-0.05, 0) is 51.1 Å². The highest BCUT2D eigenvalue weighted by atomic mass is 16.5. The molecule has 3 unspecified atom stereocenters. The first-order valence-corrected chi connectivity index (χ1v) is 8.11. The van der Waals surface area contributed by atoms with Crippen molar-refractivity contribution in [2.75, 3.05) is 19.6 Å². The number of amides is 1. The molecule has 0 aromatic rings. The van der Waals surface area contributed by atoms with Gasteiger partial charge in [-0.1, -0.05) is 19.8 Å².